The predicted molar refractivity (Wildman–Crippen MR) is 83.3 cm³/mol. The summed E-state index contributed by atoms with van der Waals surface area (Å²) in [6, 6.07) is 8.05. The molecule has 0 heterocycles. The fourth-order valence-corrected chi connectivity index (χ4v) is 2.35. The molecule has 0 aliphatic carbocycles. The lowest BCUT2D eigenvalue weighted by molar-refractivity contribution is 0.355. The van der Waals surface area contributed by atoms with Crippen LogP contribution in [0, 0.1) is 5.82 Å². The molecule has 0 spiro atoms. The third-order valence-corrected chi connectivity index (χ3v) is 3.67. The van der Waals surface area contributed by atoms with Crippen molar-refractivity contribution in [3.63, 3.8) is 0 Å². The molecule has 112 valence electrons. The van der Waals surface area contributed by atoms with Crippen LogP contribution in [0.15, 0.2) is 30.3 Å². The van der Waals surface area contributed by atoms with Crippen molar-refractivity contribution in [3.05, 3.63) is 51.8 Å². The summed E-state index contributed by atoms with van der Waals surface area (Å²) in [7, 11) is 3.08. The van der Waals surface area contributed by atoms with Crippen LogP contribution < -0.4 is 14.8 Å². The number of rotatable bonds is 5. The Kier molecular flexibility index (Phi) is 5.15. The first-order valence-electron chi connectivity index (χ1n) is 6.15. The Bertz CT molecular complexity index is 650. The van der Waals surface area contributed by atoms with Gasteiger partial charge in [0.2, 0.25) is 0 Å². The summed E-state index contributed by atoms with van der Waals surface area (Å²) >= 11 is 12.0. The number of anilines is 1. The normalized spacial score (nSPS) is 10.3. The molecule has 2 rings (SSSR count). The van der Waals surface area contributed by atoms with Crippen LogP contribution in [-0.4, -0.2) is 14.2 Å². The van der Waals surface area contributed by atoms with Crippen molar-refractivity contribution in [2.75, 3.05) is 19.5 Å². The maximum absolute atomic E-state index is 13.1. The number of hydrogen-bond acceptors (Lipinski definition) is 3. The van der Waals surface area contributed by atoms with Gasteiger partial charge in [-0.15, -0.1) is 0 Å². The van der Waals surface area contributed by atoms with E-state index in [1.165, 1.54) is 19.2 Å². The molecule has 0 atom stereocenters. The van der Waals surface area contributed by atoms with Crippen molar-refractivity contribution < 1.29 is 13.9 Å². The lowest BCUT2D eigenvalue weighted by Gasteiger charge is -2.14. The second-order valence-corrected chi connectivity index (χ2v) is 5.04. The minimum Gasteiger partial charge on any atom is -0.493 e. The smallest absolute Gasteiger partial charge is 0.179 e. The van der Waals surface area contributed by atoms with Crippen LogP contribution in [0.5, 0.6) is 11.5 Å². The number of hydrogen-bond donors (Lipinski definition) is 1. The summed E-state index contributed by atoms with van der Waals surface area (Å²) < 4.78 is 23.5. The van der Waals surface area contributed by atoms with Crippen molar-refractivity contribution in [1.29, 1.82) is 0 Å². The van der Waals surface area contributed by atoms with E-state index in [2.05, 4.69) is 5.32 Å². The maximum Gasteiger partial charge on any atom is 0.179 e. The number of benzene rings is 2. The Morgan fingerprint density at radius 3 is 2.48 bits per heavy atom. The second kappa shape index (κ2) is 6.87. The first-order valence-corrected chi connectivity index (χ1v) is 6.90. The molecule has 2 aromatic rings. The topological polar surface area (TPSA) is 30.5 Å². The van der Waals surface area contributed by atoms with Crippen LogP contribution >= 0.6 is 23.2 Å². The third kappa shape index (κ3) is 3.52. The van der Waals surface area contributed by atoms with E-state index < -0.39 is 5.82 Å². The molecule has 0 radical (unpaired) electrons. The average Bonchev–Trinajstić information content (AvgIpc) is 2.49. The zero-order valence-electron chi connectivity index (χ0n) is 11.5. The van der Waals surface area contributed by atoms with E-state index in [1.807, 2.05) is 6.07 Å². The Hall–Kier alpha value is -1.65. The zero-order valence-corrected chi connectivity index (χ0v) is 13.1. The van der Waals surface area contributed by atoms with Gasteiger partial charge in [0.05, 0.1) is 24.3 Å². The monoisotopic (exact) mass is 329 g/mol. The molecule has 6 heteroatoms. The highest BCUT2D eigenvalue weighted by Crippen LogP contribution is 2.37. The molecule has 0 saturated heterocycles. The van der Waals surface area contributed by atoms with E-state index >= 15 is 0 Å². The molecule has 3 nitrogen and oxygen atoms in total. The second-order valence-electron chi connectivity index (χ2n) is 4.26. The van der Waals surface area contributed by atoms with Gasteiger partial charge in [-0.25, -0.2) is 4.39 Å². The van der Waals surface area contributed by atoms with Crippen LogP contribution in [0.4, 0.5) is 10.1 Å². The largest absolute Gasteiger partial charge is 0.493 e. The molecule has 0 saturated carbocycles. The SMILES string of the molecule is COc1ccc(CNc2ccc(F)c(Cl)c2)c(Cl)c1OC. The van der Waals surface area contributed by atoms with Crippen molar-refractivity contribution >= 4 is 28.9 Å². The fourth-order valence-electron chi connectivity index (χ4n) is 1.87. The van der Waals surface area contributed by atoms with E-state index in [0.29, 0.717) is 28.8 Å². The van der Waals surface area contributed by atoms with Gasteiger partial charge in [0.25, 0.3) is 0 Å². The predicted octanol–water partition coefficient (Wildman–Crippen LogP) is 4.76. The Balaban J connectivity index is 2.18. The first-order chi connectivity index (χ1) is 10.1. The van der Waals surface area contributed by atoms with Gasteiger partial charge in [0.15, 0.2) is 11.5 Å². The van der Waals surface area contributed by atoms with E-state index in [-0.39, 0.29) is 5.02 Å². The minimum atomic E-state index is -0.452. The summed E-state index contributed by atoms with van der Waals surface area (Å²) in [6.45, 7) is 0.446. The summed E-state index contributed by atoms with van der Waals surface area (Å²) in [5.41, 5.74) is 1.53. The highest BCUT2D eigenvalue weighted by Gasteiger charge is 2.13. The quantitative estimate of drug-likeness (QED) is 0.857. The van der Waals surface area contributed by atoms with Gasteiger partial charge in [-0.1, -0.05) is 29.3 Å². The number of halogens is 3. The van der Waals surface area contributed by atoms with Crippen molar-refractivity contribution in [2.24, 2.45) is 0 Å². The lowest BCUT2D eigenvalue weighted by atomic mass is 10.2. The summed E-state index contributed by atoms with van der Waals surface area (Å²) in [5, 5.41) is 3.66. The highest BCUT2D eigenvalue weighted by atomic mass is 35.5. The molecule has 0 unspecified atom stereocenters. The van der Waals surface area contributed by atoms with Gasteiger partial charge in [0.1, 0.15) is 5.82 Å². The molecule has 0 aliphatic rings. The van der Waals surface area contributed by atoms with Crippen LogP contribution in [0.3, 0.4) is 0 Å². The Morgan fingerprint density at radius 2 is 1.86 bits per heavy atom. The van der Waals surface area contributed by atoms with Crippen LogP contribution in [0.2, 0.25) is 10.0 Å². The van der Waals surface area contributed by atoms with E-state index in [1.54, 1.807) is 19.2 Å². The van der Waals surface area contributed by atoms with Crippen LogP contribution in [0.25, 0.3) is 0 Å². The lowest BCUT2D eigenvalue weighted by Crippen LogP contribution is -2.02. The van der Waals surface area contributed by atoms with E-state index in [9.17, 15) is 4.39 Å². The van der Waals surface area contributed by atoms with Crippen molar-refractivity contribution in [2.45, 2.75) is 6.54 Å². The molecule has 0 amide bonds. The molecule has 1 N–H and O–H groups in total. The fraction of sp³-hybridized carbons (Fsp3) is 0.200. The average molecular weight is 330 g/mol. The molecular weight excluding hydrogens is 316 g/mol. The zero-order chi connectivity index (χ0) is 15.4. The Morgan fingerprint density at radius 1 is 1.10 bits per heavy atom. The van der Waals surface area contributed by atoms with Crippen molar-refractivity contribution in [1.82, 2.24) is 0 Å². The van der Waals surface area contributed by atoms with Gasteiger partial charge in [0, 0.05) is 12.2 Å². The molecule has 0 fully saturated rings. The molecule has 0 aliphatic heterocycles. The number of methoxy groups -OCH3 is 2. The number of nitrogens with one attached hydrogen (secondary N) is 1. The summed E-state index contributed by atoms with van der Waals surface area (Å²) in [4.78, 5) is 0. The molecule has 21 heavy (non-hydrogen) atoms. The van der Waals surface area contributed by atoms with Crippen LogP contribution in [0.1, 0.15) is 5.56 Å². The van der Waals surface area contributed by atoms with E-state index in [4.69, 9.17) is 32.7 Å². The van der Waals surface area contributed by atoms with Gasteiger partial charge in [-0.3, -0.25) is 0 Å². The van der Waals surface area contributed by atoms with Gasteiger partial charge in [-0.05, 0) is 29.8 Å². The van der Waals surface area contributed by atoms with Crippen LogP contribution in [-0.2, 0) is 6.54 Å². The standard InChI is InChI=1S/C15H14Cl2FNO2/c1-20-13-6-3-9(14(17)15(13)21-2)8-19-10-4-5-12(18)11(16)7-10/h3-7,19H,8H2,1-2H3. The maximum atomic E-state index is 13.1. The molecule has 0 bridgehead atoms. The molecular formula is C15H14Cl2FNO2. The molecule has 2 aromatic carbocycles. The summed E-state index contributed by atoms with van der Waals surface area (Å²) in [5.74, 6) is 0.595. The summed E-state index contributed by atoms with van der Waals surface area (Å²) in [6.07, 6.45) is 0. The van der Waals surface area contributed by atoms with E-state index in [0.717, 1.165) is 5.56 Å². The Labute approximate surface area is 132 Å². The number of ether oxygens (including phenoxy) is 2. The minimum absolute atomic E-state index is 0.0680. The third-order valence-electron chi connectivity index (χ3n) is 2.97. The highest BCUT2D eigenvalue weighted by molar-refractivity contribution is 6.33. The van der Waals surface area contributed by atoms with Crippen molar-refractivity contribution in [3.8, 4) is 11.5 Å². The van der Waals surface area contributed by atoms with Gasteiger partial charge >= 0.3 is 0 Å². The van der Waals surface area contributed by atoms with Gasteiger partial charge in [-0.2, -0.15) is 0 Å². The molecule has 0 aromatic heterocycles. The first kappa shape index (κ1) is 15.7. The van der Waals surface area contributed by atoms with Gasteiger partial charge < -0.3 is 14.8 Å².